The van der Waals surface area contributed by atoms with E-state index in [9.17, 15) is 0 Å². The molecule has 0 radical (unpaired) electrons. The number of hydrogen-bond donors (Lipinski definition) is 2. The molecule has 0 spiro atoms. The number of aromatic nitrogens is 4. The number of aryl methyl sites for hydroxylation is 1. The Balaban J connectivity index is 0.00000261. The number of benzene rings is 1. The topological polar surface area (TPSA) is 80.0 Å². The molecule has 0 aliphatic heterocycles. The molecule has 0 fully saturated rings. The van der Waals surface area contributed by atoms with Crippen molar-refractivity contribution in [3.8, 4) is 0 Å². The first-order chi connectivity index (χ1) is 12.7. The fourth-order valence-corrected chi connectivity index (χ4v) is 3.22. The summed E-state index contributed by atoms with van der Waals surface area (Å²) < 4.78 is 1.81. The van der Waals surface area contributed by atoms with Crippen LogP contribution in [0.25, 0.3) is 0 Å². The van der Waals surface area contributed by atoms with Gasteiger partial charge in [0.2, 0.25) is 0 Å². The molecular weight excluding hydrogens is 473 g/mol. The zero-order valence-electron chi connectivity index (χ0n) is 15.4. The Hall–Kier alpha value is -2.01. The lowest BCUT2D eigenvalue weighted by atomic mass is 10.1. The normalized spacial score (nSPS) is 11.1. The van der Waals surface area contributed by atoms with Crippen molar-refractivity contribution in [3.05, 3.63) is 64.1 Å². The first kappa shape index (κ1) is 21.3. The van der Waals surface area contributed by atoms with E-state index in [1.54, 1.807) is 31.0 Å². The molecule has 2 heterocycles. The number of hydrogen-bond acceptors (Lipinski definition) is 5. The summed E-state index contributed by atoms with van der Waals surface area (Å²) >= 11 is 1.68. The molecule has 0 aliphatic carbocycles. The van der Waals surface area contributed by atoms with Crippen LogP contribution in [0.5, 0.6) is 0 Å². The largest absolute Gasteiger partial charge is 0.356 e. The minimum Gasteiger partial charge on any atom is -0.356 e. The van der Waals surface area contributed by atoms with Crippen LogP contribution in [0, 0.1) is 6.92 Å². The van der Waals surface area contributed by atoms with Crippen molar-refractivity contribution < 1.29 is 0 Å². The van der Waals surface area contributed by atoms with Gasteiger partial charge in [-0.3, -0.25) is 4.99 Å². The molecule has 0 atom stereocenters. The Morgan fingerprint density at radius 3 is 2.81 bits per heavy atom. The van der Waals surface area contributed by atoms with Gasteiger partial charge in [0.15, 0.2) is 5.96 Å². The van der Waals surface area contributed by atoms with Crippen LogP contribution >= 0.6 is 35.3 Å². The monoisotopic (exact) mass is 497 g/mol. The summed E-state index contributed by atoms with van der Waals surface area (Å²) in [6.45, 7) is 4.25. The second-order valence-corrected chi connectivity index (χ2v) is 6.94. The molecule has 0 saturated carbocycles. The fraction of sp³-hybridized carbons (Fsp3) is 0.333. The number of halogens is 1. The molecular formula is C18H24IN7S. The van der Waals surface area contributed by atoms with Gasteiger partial charge in [0.1, 0.15) is 12.7 Å². The molecule has 3 rings (SSSR count). The Bertz CT molecular complexity index is 845. The van der Waals surface area contributed by atoms with Gasteiger partial charge in [-0.15, -0.1) is 35.3 Å². The molecule has 144 valence electrons. The smallest absolute Gasteiger partial charge is 0.191 e. The minimum atomic E-state index is 0. The number of aliphatic imine (C=N–C) groups is 1. The highest BCUT2D eigenvalue weighted by molar-refractivity contribution is 14.0. The van der Waals surface area contributed by atoms with Crippen molar-refractivity contribution in [2.45, 2.75) is 26.4 Å². The maximum atomic E-state index is 4.47. The average Bonchev–Trinajstić information content (AvgIpc) is 3.30. The number of nitrogens with zero attached hydrogens (tertiary/aromatic N) is 5. The molecule has 2 N–H and O–H groups in total. The van der Waals surface area contributed by atoms with Gasteiger partial charge in [0, 0.05) is 31.9 Å². The van der Waals surface area contributed by atoms with Gasteiger partial charge < -0.3 is 10.6 Å². The van der Waals surface area contributed by atoms with Crippen LogP contribution in [0.4, 0.5) is 0 Å². The number of rotatable bonds is 7. The van der Waals surface area contributed by atoms with Gasteiger partial charge in [0.05, 0.1) is 17.2 Å². The zero-order chi connectivity index (χ0) is 18.2. The molecule has 3 aromatic rings. The van der Waals surface area contributed by atoms with Gasteiger partial charge in [-0.25, -0.2) is 14.6 Å². The minimum absolute atomic E-state index is 0. The summed E-state index contributed by atoms with van der Waals surface area (Å²) in [6, 6.07) is 8.42. The number of thiazole rings is 1. The predicted octanol–water partition coefficient (Wildman–Crippen LogP) is 2.62. The van der Waals surface area contributed by atoms with Crippen LogP contribution < -0.4 is 10.6 Å². The molecule has 2 aromatic heterocycles. The van der Waals surface area contributed by atoms with E-state index in [0.717, 1.165) is 29.6 Å². The lowest BCUT2D eigenvalue weighted by Crippen LogP contribution is -2.37. The summed E-state index contributed by atoms with van der Waals surface area (Å²) in [4.78, 5) is 12.7. The van der Waals surface area contributed by atoms with Crippen molar-refractivity contribution in [2.75, 3.05) is 13.6 Å². The Morgan fingerprint density at radius 2 is 2.11 bits per heavy atom. The second kappa shape index (κ2) is 11.0. The molecule has 0 amide bonds. The van der Waals surface area contributed by atoms with Crippen molar-refractivity contribution in [1.82, 2.24) is 30.4 Å². The van der Waals surface area contributed by atoms with Crippen molar-refractivity contribution >= 4 is 41.3 Å². The van der Waals surface area contributed by atoms with E-state index >= 15 is 0 Å². The molecule has 7 nitrogen and oxygen atoms in total. The van der Waals surface area contributed by atoms with Crippen LogP contribution in [0.3, 0.4) is 0 Å². The first-order valence-electron chi connectivity index (χ1n) is 8.48. The average molecular weight is 497 g/mol. The third-order valence-corrected chi connectivity index (χ3v) is 4.65. The van der Waals surface area contributed by atoms with Gasteiger partial charge in [-0.2, -0.15) is 5.10 Å². The maximum Gasteiger partial charge on any atom is 0.191 e. The lowest BCUT2D eigenvalue weighted by molar-refractivity contribution is 0.683. The third kappa shape index (κ3) is 6.90. The van der Waals surface area contributed by atoms with Crippen molar-refractivity contribution in [2.24, 2.45) is 4.99 Å². The van der Waals surface area contributed by atoms with E-state index in [0.29, 0.717) is 13.1 Å². The molecule has 1 aromatic carbocycles. The van der Waals surface area contributed by atoms with Crippen LogP contribution in [0.1, 0.15) is 21.8 Å². The van der Waals surface area contributed by atoms with Gasteiger partial charge in [-0.1, -0.05) is 24.3 Å². The van der Waals surface area contributed by atoms with E-state index in [4.69, 9.17) is 0 Å². The molecule has 0 saturated heterocycles. The van der Waals surface area contributed by atoms with Crippen LogP contribution in [-0.4, -0.2) is 39.3 Å². The van der Waals surface area contributed by atoms with Gasteiger partial charge in [0.25, 0.3) is 0 Å². The Kier molecular flexibility index (Phi) is 8.65. The van der Waals surface area contributed by atoms with Gasteiger partial charge >= 0.3 is 0 Å². The van der Waals surface area contributed by atoms with E-state index in [1.807, 2.05) is 11.6 Å². The first-order valence-corrected chi connectivity index (χ1v) is 9.36. The summed E-state index contributed by atoms with van der Waals surface area (Å²) in [6.07, 6.45) is 4.16. The Morgan fingerprint density at radius 1 is 1.26 bits per heavy atom. The summed E-state index contributed by atoms with van der Waals surface area (Å²) in [5.74, 6) is 0.790. The molecule has 0 aliphatic rings. The highest BCUT2D eigenvalue weighted by atomic mass is 127. The maximum absolute atomic E-state index is 4.47. The second-order valence-electron chi connectivity index (χ2n) is 5.87. The Labute approximate surface area is 180 Å². The quantitative estimate of drug-likeness (QED) is 0.298. The highest BCUT2D eigenvalue weighted by Crippen LogP contribution is 2.08. The molecule has 0 unspecified atom stereocenters. The standard InChI is InChI=1S/C18H23N7S.HI/c1-14-24-17(11-26-14)6-7-21-18(19-2)22-9-15-4-3-5-16(8-15)10-25-13-20-12-23-25;/h3-5,8,11-13H,6-7,9-10H2,1-2H3,(H2,19,21,22);1H. The van der Waals surface area contributed by atoms with E-state index < -0.39 is 0 Å². The molecule has 0 bridgehead atoms. The lowest BCUT2D eigenvalue weighted by Gasteiger charge is -2.12. The highest BCUT2D eigenvalue weighted by Gasteiger charge is 2.02. The van der Waals surface area contributed by atoms with E-state index in [2.05, 4.69) is 60.3 Å². The molecule has 9 heteroatoms. The summed E-state index contributed by atoms with van der Waals surface area (Å²) in [5.41, 5.74) is 3.51. The summed E-state index contributed by atoms with van der Waals surface area (Å²) in [5, 5.41) is 14.0. The summed E-state index contributed by atoms with van der Waals surface area (Å²) in [7, 11) is 1.78. The predicted molar refractivity (Wildman–Crippen MR) is 120 cm³/mol. The SMILES string of the molecule is CN=C(NCCc1csc(C)n1)NCc1cccc(Cn2cncn2)c1.I. The fourth-order valence-electron chi connectivity index (χ4n) is 2.58. The van der Waals surface area contributed by atoms with Crippen molar-refractivity contribution in [3.63, 3.8) is 0 Å². The third-order valence-electron chi connectivity index (χ3n) is 3.83. The van der Waals surface area contributed by atoms with E-state index in [-0.39, 0.29) is 24.0 Å². The zero-order valence-corrected chi connectivity index (χ0v) is 18.6. The van der Waals surface area contributed by atoms with Crippen molar-refractivity contribution in [1.29, 1.82) is 0 Å². The van der Waals surface area contributed by atoms with E-state index in [1.165, 1.54) is 11.1 Å². The molecule has 27 heavy (non-hydrogen) atoms. The van der Waals surface area contributed by atoms with Crippen LogP contribution in [0.15, 0.2) is 47.3 Å². The van der Waals surface area contributed by atoms with Crippen LogP contribution in [0.2, 0.25) is 0 Å². The van der Waals surface area contributed by atoms with Crippen LogP contribution in [-0.2, 0) is 19.5 Å². The van der Waals surface area contributed by atoms with Gasteiger partial charge in [-0.05, 0) is 18.1 Å². The number of guanidine groups is 1. The number of nitrogens with one attached hydrogen (secondary N) is 2.